The lowest BCUT2D eigenvalue weighted by atomic mass is 10.1. The van der Waals surface area contributed by atoms with Crippen molar-refractivity contribution in [2.24, 2.45) is 5.73 Å². The maximum absolute atomic E-state index is 12.5. The zero-order chi connectivity index (χ0) is 13.9. The summed E-state index contributed by atoms with van der Waals surface area (Å²) in [4.78, 5) is 11.7. The van der Waals surface area contributed by atoms with Gasteiger partial charge >= 0.3 is 6.18 Å². The van der Waals surface area contributed by atoms with Gasteiger partial charge < -0.3 is 11.1 Å². The Balaban J connectivity index is 2.97. The van der Waals surface area contributed by atoms with Crippen LogP contribution in [0.25, 0.3) is 0 Å². The minimum atomic E-state index is -4.48. The first-order chi connectivity index (χ1) is 8.21. The molecule has 0 saturated carbocycles. The van der Waals surface area contributed by atoms with Crippen LogP contribution in [0.3, 0.4) is 0 Å². The summed E-state index contributed by atoms with van der Waals surface area (Å²) in [6, 6.07) is 2.65. The van der Waals surface area contributed by atoms with Crippen LogP contribution in [0.1, 0.15) is 22.8 Å². The molecule has 0 aliphatic heterocycles. The van der Waals surface area contributed by atoms with Crippen LogP contribution in [0.15, 0.2) is 22.7 Å². The van der Waals surface area contributed by atoms with E-state index in [2.05, 4.69) is 21.2 Å². The standard InChI is InChI=1S/C11H12BrF3N2O/c1-6(16)5-17-10(18)8-4-7(11(13,14)15)2-3-9(8)12/h2-4,6H,5,16H2,1H3,(H,17,18). The van der Waals surface area contributed by atoms with Gasteiger partial charge in [0.15, 0.2) is 0 Å². The normalized spacial score (nSPS) is 13.2. The van der Waals surface area contributed by atoms with Crippen molar-refractivity contribution < 1.29 is 18.0 Å². The quantitative estimate of drug-likeness (QED) is 0.897. The molecule has 1 amide bonds. The summed E-state index contributed by atoms with van der Waals surface area (Å²) in [7, 11) is 0. The van der Waals surface area contributed by atoms with Gasteiger partial charge in [-0.1, -0.05) is 0 Å². The van der Waals surface area contributed by atoms with Crippen molar-refractivity contribution in [3.05, 3.63) is 33.8 Å². The second kappa shape index (κ2) is 5.71. The second-order valence-corrected chi connectivity index (χ2v) is 4.73. The molecule has 3 N–H and O–H groups in total. The Morgan fingerprint density at radius 2 is 2.11 bits per heavy atom. The van der Waals surface area contributed by atoms with Gasteiger partial charge in [-0.25, -0.2) is 0 Å². The average Bonchev–Trinajstić information content (AvgIpc) is 2.24. The van der Waals surface area contributed by atoms with Gasteiger partial charge in [0, 0.05) is 17.1 Å². The van der Waals surface area contributed by atoms with Gasteiger partial charge in [-0.3, -0.25) is 4.79 Å². The summed E-state index contributed by atoms with van der Waals surface area (Å²) in [6.45, 7) is 1.88. The Hall–Kier alpha value is -1.08. The third kappa shape index (κ3) is 3.99. The molecule has 3 nitrogen and oxygen atoms in total. The summed E-state index contributed by atoms with van der Waals surface area (Å²) in [5.74, 6) is -0.592. The smallest absolute Gasteiger partial charge is 0.350 e. The lowest BCUT2D eigenvalue weighted by molar-refractivity contribution is -0.137. The Kier molecular flexibility index (Phi) is 4.75. The van der Waals surface area contributed by atoms with Gasteiger partial charge in [0.2, 0.25) is 0 Å². The summed E-state index contributed by atoms with van der Waals surface area (Å²) in [5.41, 5.74) is 4.52. The predicted octanol–water partition coefficient (Wildman–Crippen LogP) is 2.54. The highest BCUT2D eigenvalue weighted by atomic mass is 79.9. The minimum absolute atomic E-state index is 0.0644. The molecular weight excluding hydrogens is 313 g/mol. The van der Waals surface area contributed by atoms with Crippen LogP contribution in [-0.2, 0) is 6.18 Å². The molecular formula is C11H12BrF3N2O. The molecule has 0 aliphatic carbocycles. The monoisotopic (exact) mass is 324 g/mol. The molecule has 1 atom stereocenters. The SMILES string of the molecule is CC(N)CNC(=O)c1cc(C(F)(F)F)ccc1Br. The largest absolute Gasteiger partial charge is 0.416 e. The summed E-state index contributed by atoms with van der Waals surface area (Å²) in [5, 5.41) is 2.46. The van der Waals surface area contributed by atoms with Crippen molar-refractivity contribution in [3.63, 3.8) is 0 Å². The number of benzene rings is 1. The number of alkyl halides is 3. The third-order valence-corrected chi connectivity index (χ3v) is 2.81. The topological polar surface area (TPSA) is 55.1 Å². The number of carbonyl (C=O) groups is 1. The number of halogens is 4. The fourth-order valence-corrected chi connectivity index (χ4v) is 1.65. The predicted molar refractivity (Wildman–Crippen MR) is 65.1 cm³/mol. The highest BCUT2D eigenvalue weighted by Crippen LogP contribution is 2.31. The first-order valence-corrected chi connectivity index (χ1v) is 5.91. The number of hydrogen-bond donors (Lipinski definition) is 2. The maximum atomic E-state index is 12.5. The van der Waals surface area contributed by atoms with E-state index in [1.807, 2.05) is 0 Å². The van der Waals surface area contributed by atoms with Gasteiger partial charge in [-0.15, -0.1) is 0 Å². The maximum Gasteiger partial charge on any atom is 0.416 e. The van der Waals surface area contributed by atoms with E-state index in [4.69, 9.17) is 5.73 Å². The molecule has 18 heavy (non-hydrogen) atoms. The zero-order valence-corrected chi connectivity index (χ0v) is 11.1. The van der Waals surface area contributed by atoms with E-state index in [1.165, 1.54) is 6.07 Å². The molecule has 1 aromatic carbocycles. The highest BCUT2D eigenvalue weighted by molar-refractivity contribution is 9.10. The molecule has 100 valence electrons. The number of hydrogen-bond acceptors (Lipinski definition) is 2. The fraction of sp³-hybridized carbons (Fsp3) is 0.364. The minimum Gasteiger partial charge on any atom is -0.350 e. The van der Waals surface area contributed by atoms with Crippen LogP contribution >= 0.6 is 15.9 Å². The average molecular weight is 325 g/mol. The van der Waals surface area contributed by atoms with Crippen molar-refractivity contribution in [2.75, 3.05) is 6.54 Å². The van der Waals surface area contributed by atoms with E-state index in [0.717, 1.165) is 12.1 Å². The van der Waals surface area contributed by atoms with Crippen LogP contribution in [0.5, 0.6) is 0 Å². The first kappa shape index (κ1) is 15.0. The Bertz CT molecular complexity index is 446. The zero-order valence-electron chi connectivity index (χ0n) is 9.51. The van der Waals surface area contributed by atoms with Gasteiger partial charge in [-0.2, -0.15) is 13.2 Å². The molecule has 0 heterocycles. The highest BCUT2D eigenvalue weighted by Gasteiger charge is 2.31. The number of carbonyl (C=O) groups excluding carboxylic acids is 1. The molecule has 0 radical (unpaired) electrons. The lowest BCUT2D eigenvalue weighted by Crippen LogP contribution is -2.35. The summed E-state index contributed by atoms with van der Waals surface area (Å²) in [6.07, 6.45) is -4.48. The van der Waals surface area contributed by atoms with E-state index < -0.39 is 17.6 Å². The van der Waals surface area contributed by atoms with E-state index in [9.17, 15) is 18.0 Å². The number of rotatable bonds is 3. The molecule has 7 heteroatoms. The summed E-state index contributed by atoms with van der Waals surface area (Å²) >= 11 is 3.05. The van der Waals surface area contributed by atoms with Crippen LogP contribution in [0.4, 0.5) is 13.2 Å². The molecule has 0 bridgehead atoms. The van der Waals surface area contributed by atoms with Gasteiger partial charge in [0.05, 0.1) is 11.1 Å². The molecule has 0 saturated heterocycles. The van der Waals surface area contributed by atoms with E-state index in [1.54, 1.807) is 6.92 Å². The van der Waals surface area contributed by atoms with Gasteiger partial charge in [0.1, 0.15) is 0 Å². The van der Waals surface area contributed by atoms with E-state index in [0.29, 0.717) is 4.47 Å². The van der Waals surface area contributed by atoms with Crippen LogP contribution in [0.2, 0.25) is 0 Å². The Morgan fingerprint density at radius 1 is 1.50 bits per heavy atom. The number of amides is 1. The van der Waals surface area contributed by atoms with Crippen LogP contribution in [-0.4, -0.2) is 18.5 Å². The molecule has 1 aromatic rings. The Morgan fingerprint density at radius 3 is 2.61 bits per heavy atom. The number of nitrogens with one attached hydrogen (secondary N) is 1. The molecule has 0 fully saturated rings. The van der Waals surface area contributed by atoms with Crippen molar-refractivity contribution in [1.82, 2.24) is 5.32 Å². The van der Waals surface area contributed by atoms with Crippen molar-refractivity contribution in [1.29, 1.82) is 0 Å². The van der Waals surface area contributed by atoms with E-state index in [-0.39, 0.29) is 18.2 Å². The molecule has 1 unspecified atom stereocenters. The van der Waals surface area contributed by atoms with Crippen molar-refractivity contribution in [3.8, 4) is 0 Å². The van der Waals surface area contributed by atoms with Crippen molar-refractivity contribution >= 4 is 21.8 Å². The lowest BCUT2D eigenvalue weighted by Gasteiger charge is -2.12. The van der Waals surface area contributed by atoms with Crippen molar-refractivity contribution in [2.45, 2.75) is 19.1 Å². The van der Waals surface area contributed by atoms with Gasteiger partial charge in [-0.05, 0) is 41.1 Å². The molecule has 0 aromatic heterocycles. The fourth-order valence-electron chi connectivity index (χ4n) is 1.22. The van der Waals surface area contributed by atoms with E-state index >= 15 is 0 Å². The Labute approximate surface area is 111 Å². The van der Waals surface area contributed by atoms with Crippen LogP contribution in [0, 0.1) is 0 Å². The third-order valence-electron chi connectivity index (χ3n) is 2.12. The number of nitrogens with two attached hydrogens (primary N) is 1. The molecule has 1 rings (SSSR count). The summed E-state index contributed by atoms with van der Waals surface area (Å²) < 4.78 is 37.8. The van der Waals surface area contributed by atoms with Crippen LogP contribution < -0.4 is 11.1 Å². The first-order valence-electron chi connectivity index (χ1n) is 5.12. The molecule has 0 aliphatic rings. The second-order valence-electron chi connectivity index (χ2n) is 3.88. The van der Waals surface area contributed by atoms with Gasteiger partial charge in [0.25, 0.3) is 5.91 Å². The molecule has 0 spiro atoms.